The maximum Gasteiger partial charge on any atom is 0.340 e. The summed E-state index contributed by atoms with van der Waals surface area (Å²) in [5, 5.41) is 0. The van der Waals surface area contributed by atoms with E-state index < -0.39 is 15.8 Å². The molecule has 0 spiro atoms. The summed E-state index contributed by atoms with van der Waals surface area (Å²) in [6.45, 7) is -0.165. The van der Waals surface area contributed by atoms with Crippen LogP contribution in [0.2, 0.25) is 0 Å². The molecule has 0 aromatic heterocycles. The van der Waals surface area contributed by atoms with E-state index >= 15 is 0 Å². The molecule has 0 fully saturated rings. The van der Waals surface area contributed by atoms with Crippen LogP contribution in [0, 0.1) is 0 Å². The first-order valence-electron chi connectivity index (χ1n) is 4.66. The first-order chi connectivity index (χ1) is 7.50. The Bertz CT molecular complexity index is 555. The Morgan fingerprint density at radius 2 is 1.81 bits per heavy atom. The molecule has 84 valence electrons. The van der Waals surface area contributed by atoms with Crippen molar-refractivity contribution >= 4 is 21.4 Å². The zero-order valence-corrected chi connectivity index (χ0v) is 9.45. The van der Waals surface area contributed by atoms with Gasteiger partial charge in [-0.3, -0.25) is 0 Å². The van der Waals surface area contributed by atoms with Gasteiger partial charge in [0.15, 0.2) is 9.84 Å². The molecule has 0 unspecified atom stereocenters. The maximum atomic E-state index is 11.5. The molecule has 0 amide bonds. The topological polar surface area (TPSA) is 60.4 Å². The lowest BCUT2D eigenvalue weighted by Gasteiger charge is -2.01. The zero-order valence-electron chi connectivity index (χ0n) is 8.64. The molecule has 0 saturated carbocycles. The Balaban J connectivity index is 2.64. The fourth-order valence-corrected chi connectivity index (χ4v) is 2.41. The predicted octanol–water partition coefficient (Wildman–Crippen LogP) is 0.999. The van der Waals surface area contributed by atoms with Gasteiger partial charge in [-0.25, -0.2) is 13.2 Å². The summed E-state index contributed by atoms with van der Waals surface area (Å²) >= 11 is 0. The summed E-state index contributed by atoms with van der Waals surface area (Å²) in [5.74, 6) is -0.577. The molecule has 0 aliphatic carbocycles. The van der Waals surface area contributed by atoms with Crippen molar-refractivity contribution in [3.63, 3.8) is 0 Å². The number of sulfone groups is 1. The van der Waals surface area contributed by atoms with Crippen LogP contribution in [0.3, 0.4) is 0 Å². The van der Waals surface area contributed by atoms with Crippen LogP contribution in [-0.4, -0.2) is 27.2 Å². The van der Waals surface area contributed by atoms with E-state index in [-0.39, 0.29) is 17.1 Å². The fourth-order valence-electron chi connectivity index (χ4n) is 1.57. The molecule has 0 bridgehead atoms. The van der Waals surface area contributed by atoms with Gasteiger partial charge in [0.05, 0.1) is 10.5 Å². The van der Waals surface area contributed by atoms with Gasteiger partial charge in [0, 0.05) is 6.26 Å². The average molecular weight is 238 g/mol. The monoisotopic (exact) mass is 238 g/mol. The first-order valence-corrected chi connectivity index (χ1v) is 6.55. The number of hydrogen-bond acceptors (Lipinski definition) is 4. The molecular formula is C11H10O4S. The molecule has 1 aromatic carbocycles. The van der Waals surface area contributed by atoms with Gasteiger partial charge < -0.3 is 4.74 Å². The highest BCUT2D eigenvalue weighted by molar-refractivity contribution is 7.94. The third kappa shape index (κ3) is 1.86. The minimum Gasteiger partial charge on any atom is -0.456 e. The smallest absolute Gasteiger partial charge is 0.340 e. The molecule has 1 aromatic rings. The normalized spacial score (nSPS) is 16.4. The number of hydrogen-bond donors (Lipinski definition) is 0. The summed E-state index contributed by atoms with van der Waals surface area (Å²) in [4.78, 5) is 11.5. The molecule has 2 rings (SSSR count). The molecule has 1 aliphatic heterocycles. The third-order valence-electron chi connectivity index (χ3n) is 2.33. The van der Waals surface area contributed by atoms with Gasteiger partial charge in [-0.15, -0.1) is 0 Å². The van der Waals surface area contributed by atoms with E-state index in [9.17, 15) is 13.2 Å². The highest BCUT2D eigenvalue weighted by Crippen LogP contribution is 2.28. The van der Waals surface area contributed by atoms with Crippen LogP contribution >= 0.6 is 0 Å². The summed E-state index contributed by atoms with van der Waals surface area (Å²) in [7, 11) is -3.40. The van der Waals surface area contributed by atoms with Gasteiger partial charge in [0.1, 0.15) is 6.61 Å². The molecule has 1 aliphatic rings. The van der Waals surface area contributed by atoms with Gasteiger partial charge >= 0.3 is 5.97 Å². The van der Waals surface area contributed by atoms with Gasteiger partial charge in [0.25, 0.3) is 0 Å². The van der Waals surface area contributed by atoms with Crippen molar-refractivity contribution in [2.75, 3.05) is 12.9 Å². The second-order valence-electron chi connectivity index (χ2n) is 3.51. The average Bonchev–Trinajstić information content (AvgIpc) is 2.61. The standard InChI is InChI=1S/C11H10O4S/c1-16(13,14)9-7-15-11(12)10(9)8-5-3-2-4-6-8/h2-6H,7H2,1H3. The van der Waals surface area contributed by atoms with Crippen LogP contribution in [0.5, 0.6) is 0 Å². The predicted molar refractivity (Wildman–Crippen MR) is 59.2 cm³/mol. The van der Waals surface area contributed by atoms with Gasteiger partial charge in [-0.2, -0.15) is 0 Å². The number of benzene rings is 1. The number of rotatable bonds is 2. The molecular weight excluding hydrogens is 228 g/mol. The Hall–Kier alpha value is -1.62. The lowest BCUT2D eigenvalue weighted by Crippen LogP contribution is -2.04. The van der Waals surface area contributed by atoms with Crippen LogP contribution in [0.25, 0.3) is 5.57 Å². The van der Waals surface area contributed by atoms with E-state index in [0.717, 1.165) is 6.26 Å². The van der Waals surface area contributed by atoms with Gasteiger partial charge in [0.2, 0.25) is 0 Å². The minimum absolute atomic E-state index is 0.0590. The van der Waals surface area contributed by atoms with E-state index in [4.69, 9.17) is 4.74 Å². The SMILES string of the molecule is CS(=O)(=O)C1=C(c2ccccc2)C(=O)OC1. The van der Waals surface area contributed by atoms with Crippen molar-refractivity contribution < 1.29 is 17.9 Å². The van der Waals surface area contributed by atoms with Gasteiger partial charge in [-0.05, 0) is 5.56 Å². The molecule has 1 heterocycles. The summed E-state index contributed by atoms with van der Waals surface area (Å²) in [6, 6.07) is 8.66. The number of carbonyl (C=O) groups is 1. The second kappa shape index (κ2) is 3.75. The summed E-state index contributed by atoms with van der Waals surface area (Å²) < 4.78 is 27.7. The highest BCUT2D eigenvalue weighted by Gasteiger charge is 2.31. The van der Waals surface area contributed by atoms with Crippen LogP contribution < -0.4 is 0 Å². The van der Waals surface area contributed by atoms with E-state index in [2.05, 4.69) is 0 Å². The Morgan fingerprint density at radius 1 is 1.19 bits per heavy atom. The second-order valence-corrected chi connectivity index (χ2v) is 5.55. The van der Waals surface area contributed by atoms with Crippen molar-refractivity contribution in [2.45, 2.75) is 0 Å². The number of esters is 1. The zero-order chi connectivity index (χ0) is 11.8. The lowest BCUT2D eigenvalue weighted by atomic mass is 10.1. The van der Waals surface area contributed by atoms with E-state index in [1.54, 1.807) is 30.3 Å². The van der Waals surface area contributed by atoms with Crippen molar-refractivity contribution in [1.29, 1.82) is 0 Å². The van der Waals surface area contributed by atoms with E-state index in [1.807, 2.05) is 0 Å². The summed E-state index contributed by atoms with van der Waals surface area (Å²) in [6.07, 6.45) is 1.08. The molecule has 4 nitrogen and oxygen atoms in total. The number of carbonyl (C=O) groups excluding carboxylic acids is 1. The van der Waals surface area contributed by atoms with Crippen LogP contribution in [-0.2, 0) is 19.4 Å². The van der Waals surface area contributed by atoms with E-state index in [1.165, 1.54) is 0 Å². The fraction of sp³-hybridized carbons (Fsp3) is 0.182. The van der Waals surface area contributed by atoms with Gasteiger partial charge in [-0.1, -0.05) is 30.3 Å². The van der Waals surface area contributed by atoms with Crippen molar-refractivity contribution in [3.8, 4) is 0 Å². The number of ether oxygens (including phenoxy) is 1. The number of cyclic esters (lactones) is 1. The largest absolute Gasteiger partial charge is 0.456 e. The van der Waals surface area contributed by atoms with Crippen LogP contribution in [0.1, 0.15) is 5.56 Å². The lowest BCUT2D eigenvalue weighted by molar-refractivity contribution is -0.133. The minimum atomic E-state index is -3.40. The highest BCUT2D eigenvalue weighted by atomic mass is 32.2. The van der Waals surface area contributed by atoms with Crippen LogP contribution in [0.15, 0.2) is 35.2 Å². The molecule has 0 atom stereocenters. The van der Waals surface area contributed by atoms with Crippen molar-refractivity contribution in [2.24, 2.45) is 0 Å². The molecule has 0 radical (unpaired) electrons. The Morgan fingerprint density at radius 3 is 2.38 bits per heavy atom. The van der Waals surface area contributed by atoms with Crippen molar-refractivity contribution in [3.05, 3.63) is 40.8 Å². The molecule has 16 heavy (non-hydrogen) atoms. The maximum absolute atomic E-state index is 11.5. The molecule has 0 N–H and O–H groups in total. The quantitative estimate of drug-likeness (QED) is 0.721. The molecule has 5 heteroatoms. The Kier molecular flexibility index (Phi) is 2.55. The van der Waals surface area contributed by atoms with Crippen LogP contribution in [0.4, 0.5) is 0 Å². The molecule has 0 saturated heterocycles. The van der Waals surface area contributed by atoms with E-state index in [0.29, 0.717) is 5.56 Å². The Labute approximate surface area is 93.5 Å². The first kappa shape index (κ1) is 10.9. The van der Waals surface area contributed by atoms with Crippen molar-refractivity contribution in [1.82, 2.24) is 0 Å². The summed E-state index contributed by atoms with van der Waals surface area (Å²) in [5.41, 5.74) is 0.730. The third-order valence-corrected chi connectivity index (χ3v) is 3.54.